The van der Waals surface area contributed by atoms with Crippen molar-refractivity contribution in [3.63, 3.8) is 0 Å². The molecule has 1 aromatic carbocycles. The van der Waals surface area contributed by atoms with Crippen LogP contribution >= 0.6 is 0 Å². The summed E-state index contributed by atoms with van der Waals surface area (Å²) < 4.78 is 5.66. The van der Waals surface area contributed by atoms with Gasteiger partial charge in [0.15, 0.2) is 11.5 Å². The molecule has 2 heterocycles. The van der Waals surface area contributed by atoms with Crippen molar-refractivity contribution in [2.75, 3.05) is 20.2 Å². The molecule has 16 heavy (non-hydrogen) atoms. The van der Waals surface area contributed by atoms with Gasteiger partial charge in [-0.2, -0.15) is 0 Å². The standard InChI is InChI=1S/C13H15NO2/c1-14-7-3-5-9-10-4-2-6-12(15)13(10)16-8-11(9)14/h2,4-6,11,15H,3,7-8H2,1H3. The van der Waals surface area contributed by atoms with Crippen molar-refractivity contribution in [2.45, 2.75) is 12.5 Å². The fourth-order valence-electron chi connectivity index (χ4n) is 2.53. The first-order valence-electron chi connectivity index (χ1n) is 5.63. The van der Waals surface area contributed by atoms with Gasteiger partial charge < -0.3 is 9.84 Å². The first-order chi connectivity index (χ1) is 7.77. The van der Waals surface area contributed by atoms with Crippen LogP contribution in [-0.4, -0.2) is 36.2 Å². The second-order valence-corrected chi connectivity index (χ2v) is 4.41. The van der Waals surface area contributed by atoms with Gasteiger partial charge in [-0.3, -0.25) is 4.90 Å². The normalized spacial score (nSPS) is 24.1. The third kappa shape index (κ3) is 1.32. The Balaban J connectivity index is 2.12. The van der Waals surface area contributed by atoms with Crippen LogP contribution in [0.1, 0.15) is 12.0 Å². The number of fused-ring (bicyclic) bond motifs is 3. The van der Waals surface area contributed by atoms with Crippen LogP contribution in [0.25, 0.3) is 5.57 Å². The van der Waals surface area contributed by atoms with Crippen LogP contribution in [0, 0.1) is 0 Å². The largest absolute Gasteiger partial charge is 0.504 e. The van der Waals surface area contributed by atoms with Crippen molar-refractivity contribution in [3.05, 3.63) is 29.8 Å². The van der Waals surface area contributed by atoms with E-state index in [4.69, 9.17) is 4.74 Å². The van der Waals surface area contributed by atoms with E-state index in [9.17, 15) is 5.11 Å². The molecule has 2 aliphatic heterocycles. The number of likely N-dealkylation sites (N-methyl/N-ethyl adjacent to an activating group) is 1. The number of phenolic OH excluding ortho intramolecular Hbond substituents is 1. The van der Waals surface area contributed by atoms with E-state index in [-0.39, 0.29) is 5.75 Å². The molecule has 0 saturated carbocycles. The lowest BCUT2D eigenvalue weighted by atomic mass is 9.91. The number of para-hydroxylation sites is 1. The molecule has 0 aliphatic carbocycles. The first-order valence-corrected chi connectivity index (χ1v) is 5.63. The zero-order valence-corrected chi connectivity index (χ0v) is 9.31. The van der Waals surface area contributed by atoms with Crippen molar-refractivity contribution in [2.24, 2.45) is 0 Å². The summed E-state index contributed by atoms with van der Waals surface area (Å²) in [5.74, 6) is 0.880. The molecule has 2 aliphatic rings. The third-order valence-electron chi connectivity index (χ3n) is 3.43. The number of nitrogens with zero attached hydrogens (tertiary/aromatic N) is 1. The summed E-state index contributed by atoms with van der Waals surface area (Å²) >= 11 is 0. The molecular formula is C13H15NO2. The van der Waals surface area contributed by atoms with Crippen molar-refractivity contribution < 1.29 is 9.84 Å². The van der Waals surface area contributed by atoms with Gasteiger partial charge in [0, 0.05) is 12.1 Å². The quantitative estimate of drug-likeness (QED) is 0.720. The maximum Gasteiger partial charge on any atom is 0.168 e. The van der Waals surface area contributed by atoms with Crippen LogP contribution in [-0.2, 0) is 0 Å². The highest BCUT2D eigenvalue weighted by Crippen LogP contribution is 2.41. The Bertz CT molecular complexity index is 453. The summed E-state index contributed by atoms with van der Waals surface area (Å²) in [6.45, 7) is 1.71. The number of hydrogen-bond donors (Lipinski definition) is 1. The molecule has 3 rings (SSSR count). The SMILES string of the molecule is CN1CCC=C2c3cccc(O)c3OCC21. The maximum atomic E-state index is 9.75. The van der Waals surface area contributed by atoms with Crippen LogP contribution in [0.3, 0.4) is 0 Å². The van der Waals surface area contributed by atoms with E-state index in [2.05, 4.69) is 18.0 Å². The molecule has 1 aromatic rings. The Labute approximate surface area is 95.0 Å². The molecule has 1 atom stereocenters. The summed E-state index contributed by atoms with van der Waals surface area (Å²) in [5.41, 5.74) is 2.34. The number of ether oxygens (including phenoxy) is 1. The minimum atomic E-state index is 0.241. The van der Waals surface area contributed by atoms with Crippen LogP contribution < -0.4 is 4.74 Å². The summed E-state index contributed by atoms with van der Waals surface area (Å²) in [5, 5.41) is 9.75. The molecule has 0 aromatic heterocycles. The van der Waals surface area contributed by atoms with Crippen molar-refractivity contribution >= 4 is 5.57 Å². The van der Waals surface area contributed by atoms with E-state index in [0.717, 1.165) is 18.5 Å². The fraction of sp³-hybridized carbons (Fsp3) is 0.385. The van der Waals surface area contributed by atoms with E-state index in [0.29, 0.717) is 18.4 Å². The Morgan fingerprint density at radius 1 is 1.44 bits per heavy atom. The monoisotopic (exact) mass is 217 g/mol. The predicted octanol–water partition coefficient (Wildman–Crippen LogP) is 1.87. The van der Waals surface area contributed by atoms with Gasteiger partial charge >= 0.3 is 0 Å². The number of rotatable bonds is 0. The molecule has 0 amide bonds. The highest BCUT2D eigenvalue weighted by molar-refractivity contribution is 5.78. The number of aromatic hydroxyl groups is 1. The number of phenols is 1. The van der Waals surface area contributed by atoms with Gasteiger partial charge in [-0.25, -0.2) is 0 Å². The predicted molar refractivity (Wildman–Crippen MR) is 62.6 cm³/mol. The van der Waals surface area contributed by atoms with Gasteiger partial charge in [0.2, 0.25) is 0 Å². The Hall–Kier alpha value is -1.48. The Morgan fingerprint density at radius 3 is 3.19 bits per heavy atom. The molecule has 3 heteroatoms. The summed E-state index contributed by atoms with van der Waals surface area (Å²) in [6.07, 6.45) is 3.34. The molecule has 0 bridgehead atoms. The number of hydrogen-bond acceptors (Lipinski definition) is 3. The lowest BCUT2D eigenvalue weighted by molar-refractivity contribution is 0.179. The minimum Gasteiger partial charge on any atom is -0.504 e. The van der Waals surface area contributed by atoms with Crippen molar-refractivity contribution in [3.8, 4) is 11.5 Å². The van der Waals surface area contributed by atoms with Gasteiger partial charge in [0.05, 0.1) is 6.04 Å². The van der Waals surface area contributed by atoms with Gasteiger partial charge in [0.1, 0.15) is 6.61 Å². The van der Waals surface area contributed by atoms with Gasteiger partial charge in [-0.15, -0.1) is 0 Å². The van der Waals surface area contributed by atoms with Gasteiger partial charge in [0.25, 0.3) is 0 Å². The van der Waals surface area contributed by atoms with E-state index in [1.165, 1.54) is 5.57 Å². The molecule has 0 radical (unpaired) electrons. The minimum absolute atomic E-state index is 0.241. The lowest BCUT2D eigenvalue weighted by Crippen LogP contribution is -2.42. The average Bonchev–Trinajstić information content (AvgIpc) is 2.30. The number of benzene rings is 1. The van der Waals surface area contributed by atoms with Crippen LogP contribution in [0.5, 0.6) is 11.5 Å². The second-order valence-electron chi connectivity index (χ2n) is 4.41. The summed E-state index contributed by atoms with van der Waals surface area (Å²) in [6, 6.07) is 5.90. The first kappa shape index (κ1) is 9.73. The van der Waals surface area contributed by atoms with E-state index in [1.54, 1.807) is 6.07 Å². The molecular weight excluding hydrogens is 202 g/mol. The zero-order valence-electron chi connectivity index (χ0n) is 9.31. The molecule has 0 fully saturated rings. The zero-order chi connectivity index (χ0) is 11.1. The third-order valence-corrected chi connectivity index (χ3v) is 3.43. The second kappa shape index (κ2) is 3.52. The molecule has 1 N–H and O–H groups in total. The Kier molecular flexibility index (Phi) is 2.14. The molecule has 0 spiro atoms. The van der Waals surface area contributed by atoms with E-state index >= 15 is 0 Å². The maximum absolute atomic E-state index is 9.75. The highest BCUT2D eigenvalue weighted by Gasteiger charge is 2.31. The van der Waals surface area contributed by atoms with Crippen molar-refractivity contribution in [1.82, 2.24) is 4.90 Å². The summed E-state index contributed by atoms with van der Waals surface area (Å²) in [4.78, 5) is 2.31. The fourth-order valence-corrected chi connectivity index (χ4v) is 2.53. The van der Waals surface area contributed by atoms with Crippen LogP contribution in [0.15, 0.2) is 24.3 Å². The summed E-state index contributed by atoms with van der Waals surface area (Å²) in [7, 11) is 2.12. The van der Waals surface area contributed by atoms with E-state index in [1.807, 2.05) is 12.1 Å². The molecule has 1 unspecified atom stereocenters. The lowest BCUT2D eigenvalue weighted by Gasteiger charge is -2.37. The smallest absolute Gasteiger partial charge is 0.168 e. The van der Waals surface area contributed by atoms with Crippen LogP contribution in [0.2, 0.25) is 0 Å². The van der Waals surface area contributed by atoms with E-state index < -0.39 is 0 Å². The highest BCUT2D eigenvalue weighted by atomic mass is 16.5. The van der Waals surface area contributed by atoms with Gasteiger partial charge in [-0.05, 0) is 25.1 Å². The van der Waals surface area contributed by atoms with Crippen LogP contribution in [0.4, 0.5) is 0 Å². The Morgan fingerprint density at radius 2 is 2.31 bits per heavy atom. The average molecular weight is 217 g/mol. The molecule has 3 nitrogen and oxygen atoms in total. The topological polar surface area (TPSA) is 32.7 Å². The molecule has 84 valence electrons. The molecule has 0 saturated heterocycles. The van der Waals surface area contributed by atoms with Crippen molar-refractivity contribution in [1.29, 1.82) is 0 Å². The van der Waals surface area contributed by atoms with Gasteiger partial charge in [-0.1, -0.05) is 18.2 Å².